The van der Waals surface area contributed by atoms with Crippen molar-refractivity contribution in [2.75, 3.05) is 0 Å². The topological polar surface area (TPSA) is 109 Å². The van der Waals surface area contributed by atoms with E-state index in [1.807, 2.05) is 0 Å². The second-order valence-corrected chi connectivity index (χ2v) is 14.4. The molecule has 0 amide bonds. The predicted molar refractivity (Wildman–Crippen MR) is 135 cm³/mol. The molecular formula is C24H18F6O6S2Sn. The molecule has 0 spiro atoms. The molecule has 0 unspecified atom stereocenters. The third-order valence-electron chi connectivity index (χ3n) is 5.50. The van der Waals surface area contributed by atoms with Gasteiger partial charge in [0.05, 0.1) is 0 Å². The zero-order valence-electron chi connectivity index (χ0n) is 19.5. The van der Waals surface area contributed by atoms with Gasteiger partial charge in [0.2, 0.25) is 0 Å². The van der Waals surface area contributed by atoms with Gasteiger partial charge in [0.15, 0.2) is 0 Å². The fraction of sp³-hybridized carbons (Fsp3) is 0.167. The Bertz CT molecular complexity index is 1590. The van der Waals surface area contributed by atoms with Crippen LogP contribution in [0, 0.1) is 0 Å². The van der Waals surface area contributed by atoms with Gasteiger partial charge in [0, 0.05) is 0 Å². The minimum absolute atomic E-state index is 0.369. The molecule has 2 N–H and O–H groups in total. The molecule has 4 aromatic carbocycles. The third-order valence-corrected chi connectivity index (χ3v) is 10.3. The molecule has 0 atom stereocenters. The Morgan fingerprint density at radius 2 is 0.872 bits per heavy atom. The van der Waals surface area contributed by atoms with Crippen molar-refractivity contribution in [3.05, 3.63) is 83.9 Å². The third kappa shape index (κ3) is 7.42. The van der Waals surface area contributed by atoms with Gasteiger partial charge in [0.25, 0.3) is 0 Å². The summed E-state index contributed by atoms with van der Waals surface area (Å²) in [6.07, 6.45) is 0. The van der Waals surface area contributed by atoms with Crippen molar-refractivity contribution in [1.82, 2.24) is 0 Å². The van der Waals surface area contributed by atoms with Crippen LogP contribution in [0.2, 0.25) is 0 Å². The van der Waals surface area contributed by atoms with Crippen LogP contribution in [0.5, 0.6) is 0 Å². The van der Waals surface area contributed by atoms with Crippen molar-refractivity contribution in [3.63, 3.8) is 0 Å². The first kappa shape index (κ1) is 31.1. The van der Waals surface area contributed by atoms with E-state index in [-0.39, 0.29) is 21.1 Å². The first-order chi connectivity index (χ1) is 17.9. The van der Waals surface area contributed by atoms with E-state index >= 15 is 0 Å². The van der Waals surface area contributed by atoms with Crippen LogP contribution in [0.4, 0.5) is 26.3 Å². The molecule has 0 saturated carbocycles. The number of fused-ring (bicyclic) bond motifs is 7. The van der Waals surface area contributed by atoms with E-state index < -0.39 is 31.3 Å². The number of hydrogen-bond donors (Lipinski definition) is 2. The summed E-state index contributed by atoms with van der Waals surface area (Å²) in [4.78, 5) is 0. The summed E-state index contributed by atoms with van der Waals surface area (Å²) in [6, 6.07) is 27.1. The molecule has 0 bridgehead atoms. The van der Waals surface area contributed by atoms with Crippen LogP contribution < -0.4 is 0 Å². The number of rotatable bonds is 0. The normalized spacial score (nSPS) is 13.7. The van der Waals surface area contributed by atoms with Crippen LogP contribution >= 0.6 is 0 Å². The number of alkyl halides is 6. The zero-order valence-corrected chi connectivity index (χ0v) is 23.9. The summed E-state index contributed by atoms with van der Waals surface area (Å²) in [7, 11) is -11.7. The van der Waals surface area contributed by atoms with Crippen LogP contribution in [0.3, 0.4) is 0 Å². The van der Waals surface area contributed by atoms with Gasteiger partial charge in [-0.3, -0.25) is 9.11 Å². The van der Waals surface area contributed by atoms with Crippen LogP contribution in [0.25, 0.3) is 32.7 Å². The van der Waals surface area contributed by atoms with E-state index in [4.69, 9.17) is 25.9 Å². The molecule has 1 heterocycles. The van der Waals surface area contributed by atoms with Crippen molar-refractivity contribution in [1.29, 1.82) is 0 Å². The first-order valence-electron chi connectivity index (χ1n) is 10.7. The second kappa shape index (κ2) is 11.6. The van der Waals surface area contributed by atoms with Gasteiger partial charge >= 0.3 is 178 Å². The van der Waals surface area contributed by atoms with E-state index in [9.17, 15) is 26.3 Å². The average molecular weight is 699 g/mol. The summed E-state index contributed by atoms with van der Waals surface area (Å²) < 4.78 is 118. The monoisotopic (exact) mass is 700 g/mol. The van der Waals surface area contributed by atoms with Crippen LogP contribution in [-0.4, -0.2) is 58.1 Å². The summed E-state index contributed by atoms with van der Waals surface area (Å²) in [6.45, 7) is 0. The van der Waals surface area contributed by atoms with E-state index in [1.54, 1.807) is 11.1 Å². The number of benzene rings is 4. The van der Waals surface area contributed by atoms with Crippen molar-refractivity contribution in [2.45, 2.75) is 19.9 Å². The van der Waals surface area contributed by atoms with Crippen LogP contribution in [-0.2, 0) is 29.1 Å². The summed E-state index contributed by atoms with van der Waals surface area (Å²) >= 11 is -0.369. The summed E-state index contributed by atoms with van der Waals surface area (Å²) in [5.41, 5.74) is -4.91. The van der Waals surface area contributed by atoms with Gasteiger partial charge in [-0.15, -0.1) is 0 Å². The Morgan fingerprint density at radius 1 is 0.564 bits per heavy atom. The van der Waals surface area contributed by atoms with Gasteiger partial charge in [-0.2, -0.15) is 43.2 Å². The van der Waals surface area contributed by atoms with Gasteiger partial charge in [0.1, 0.15) is 0 Å². The molecule has 6 nitrogen and oxygen atoms in total. The Labute approximate surface area is 229 Å². The molecular weight excluding hydrogens is 681 g/mol. The standard InChI is InChI=1S/C22H16.2CHF3O3S.Sn/c1-15-11-13-17-7-3-5-9-19(17)21(15)22-16(2)12-14-18-8-4-6-10-20(18)22;2*2-1(3,4)8(5,6)7;/h3-14H,1-2H2;2*(H,5,6,7);. The van der Waals surface area contributed by atoms with Gasteiger partial charge < -0.3 is 0 Å². The molecule has 5 rings (SSSR count). The zero-order chi connectivity index (χ0) is 29.2. The minimum atomic E-state index is -5.84. The van der Waals surface area contributed by atoms with Crippen molar-refractivity contribution >= 4 is 62.9 Å². The summed E-state index contributed by atoms with van der Waals surface area (Å²) in [5.74, 6) is 0. The maximum atomic E-state index is 10.7. The molecule has 0 fully saturated rings. The maximum absolute atomic E-state index is 10.7. The molecule has 1 aliphatic rings. The second-order valence-electron chi connectivity index (χ2n) is 8.09. The van der Waals surface area contributed by atoms with Crippen molar-refractivity contribution in [2.24, 2.45) is 0 Å². The SMILES string of the molecule is O=S(=O)(O)C(F)(F)F.O=S(=O)(O)C(F)(F)F.c1ccc2c3c(ccc2c1)[CH2][Sn][CH2]c1ccc2ccccc2c1-3. The van der Waals surface area contributed by atoms with Gasteiger partial charge in [-0.1, -0.05) is 0 Å². The molecule has 0 aromatic heterocycles. The molecule has 2 radical (unpaired) electrons. The summed E-state index contributed by atoms with van der Waals surface area (Å²) in [5, 5.41) is 5.56. The van der Waals surface area contributed by atoms with E-state index in [1.165, 1.54) is 41.5 Å². The molecule has 1 aliphatic heterocycles. The van der Waals surface area contributed by atoms with Crippen LogP contribution in [0.15, 0.2) is 72.8 Å². The average Bonchev–Trinajstić information content (AvgIpc) is 3.02. The first-order valence-corrected chi connectivity index (χ1v) is 17.6. The Balaban J connectivity index is 0.000000219. The van der Waals surface area contributed by atoms with E-state index in [0.29, 0.717) is 0 Å². The Hall–Kier alpha value is -2.40. The molecule has 208 valence electrons. The van der Waals surface area contributed by atoms with Crippen molar-refractivity contribution in [3.8, 4) is 11.1 Å². The van der Waals surface area contributed by atoms with E-state index in [2.05, 4.69) is 72.8 Å². The fourth-order valence-corrected chi connectivity index (χ4v) is 7.43. The molecule has 0 aliphatic carbocycles. The fourth-order valence-electron chi connectivity index (χ4n) is 3.85. The van der Waals surface area contributed by atoms with Crippen LogP contribution in [0.1, 0.15) is 11.1 Å². The molecule has 4 aromatic rings. The predicted octanol–water partition coefficient (Wildman–Crippen LogP) is 6.17. The molecule has 39 heavy (non-hydrogen) atoms. The Kier molecular flexibility index (Phi) is 9.26. The quantitative estimate of drug-likeness (QED) is 0.0985. The van der Waals surface area contributed by atoms with E-state index in [0.717, 1.165) is 0 Å². The molecule has 15 heteroatoms. The van der Waals surface area contributed by atoms with Gasteiger partial charge in [-0.05, 0) is 0 Å². The Morgan fingerprint density at radius 3 is 1.18 bits per heavy atom. The number of hydrogen-bond acceptors (Lipinski definition) is 4. The number of halogens is 6. The molecule has 0 saturated heterocycles. The van der Waals surface area contributed by atoms with Crippen molar-refractivity contribution < 1.29 is 52.3 Å². The van der Waals surface area contributed by atoms with Gasteiger partial charge in [-0.25, -0.2) is 0 Å².